The van der Waals surface area contributed by atoms with Crippen LogP contribution in [0.2, 0.25) is 0 Å². The third-order valence-electron chi connectivity index (χ3n) is 3.31. The first-order valence-corrected chi connectivity index (χ1v) is 7.90. The Morgan fingerprint density at radius 2 is 1.96 bits per heavy atom. The van der Waals surface area contributed by atoms with Crippen LogP contribution in [0.5, 0.6) is 11.5 Å². The monoisotopic (exact) mass is 333 g/mol. The molecule has 0 aliphatic carbocycles. The van der Waals surface area contributed by atoms with Gasteiger partial charge in [-0.15, -0.1) is 0 Å². The van der Waals surface area contributed by atoms with Gasteiger partial charge in [0.1, 0.15) is 10.7 Å². The van der Waals surface area contributed by atoms with Crippen LogP contribution in [-0.4, -0.2) is 20.5 Å². The third-order valence-corrected chi connectivity index (χ3v) is 4.61. The number of nitro benzene ring substituents is 1. The van der Waals surface area contributed by atoms with Gasteiger partial charge in [-0.2, -0.15) is 8.42 Å². The third kappa shape index (κ3) is 2.76. The van der Waals surface area contributed by atoms with E-state index < -0.39 is 15.0 Å². The normalized spacial score (nSPS) is 15.1. The van der Waals surface area contributed by atoms with Crippen molar-refractivity contribution in [2.45, 2.75) is 0 Å². The highest BCUT2D eigenvalue weighted by Crippen LogP contribution is 2.37. The molecule has 1 heterocycles. The summed E-state index contributed by atoms with van der Waals surface area (Å²) in [6.45, 7) is 0. The number of benzene rings is 2. The minimum Gasteiger partial charge on any atom is -0.497 e. The predicted octanol–water partition coefficient (Wildman–Crippen LogP) is 2.82. The highest BCUT2D eigenvalue weighted by atomic mass is 32.2. The summed E-state index contributed by atoms with van der Waals surface area (Å²) in [4.78, 5) is 10.2. The fraction of sp³-hybridized carbons (Fsp3) is 0.0667. The molecule has 8 heteroatoms. The second-order valence-corrected chi connectivity index (χ2v) is 6.27. The van der Waals surface area contributed by atoms with Gasteiger partial charge in [0.2, 0.25) is 0 Å². The Kier molecular flexibility index (Phi) is 3.53. The van der Waals surface area contributed by atoms with E-state index in [2.05, 4.69) is 0 Å². The lowest BCUT2D eigenvalue weighted by molar-refractivity contribution is -0.384. The van der Waals surface area contributed by atoms with Crippen molar-refractivity contribution in [2.24, 2.45) is 0 Å². The molecule has 0 N–H and O–H groups in total. The predicted molar refractivity (Wildman–Crippen MR) is 83.5 cm³/mol. The summed E-state index contributed by atoms with van der Waals surface area (Å²) in [5, 5.41) is 10.9. The topological polar surface area (TPSA) is 95.7 Å². The molecule has 0 spiro atoms. The van der Waals surface area contributed by atoms with Crippen LogP contribution < -0.4 is 8.92 Å². The maximum atomic E-state index is 12.3. The summed E-state index contributed by atoms with van der Waals surface area (Å²) in [6, 6.07) is 10.2. The minimum atomic E-state index is -4.01. The lowest BCUT2D eigenvalue weighted by atomic mass is 10.1. The Morgan fingerprint density at radius 3 is 2.65 bits per heavy atom. The molecule has 0 amide bonds. The number of fused-ring (bicyclic) bond motifs is 1. The first kappa shape index (κ1) is 15.0. The van der Waals surface area contributed by atoms with E-state index in [0.29, 0.717) is 16.9 Å². The highest BCUT2D eigenvalue weighted by molar-refractivity contribution is 7.97. The molecule has 0 radical (unpaired) electrons. The molecule has 0 bridgehead atoms. The molecule has 2 aromatic carbocycles. The van der Waals surface area contributed by atoms with Crippen LogP contribution in [0.15, 0.2) is 42.5 Å². The van der Waals surface area contributed by atoms with Gasteiger partial charge in [0.15, 0.2) is 5.75 Å². The Bertz CT molecular complexity index is 933. The van der Waals surface area contributed by atoms with E-state index in [1.54, 1.807) is 24.3 Å². The van der Waals surface area contributed by atoms with Crippen molar-refractivity contribution in [1.29, 1.82) is 0 Å². The number of rotatable bonds is 3. The van der Waals surface area contributed by atoms with Crippen LogP contribution in [0.25, 0.3) is 11.0 Å². The smallest absolute Gasteiger partial charge is 0.339 e. The van der Waals surface area contributed by atoms with Gasteiger partial charge < -0.3 is 8.92 Å². The molecular formula is C15H11NO6S. The van der Waals surface area contributed by atoms with E-state index in [-0.39, 0.29) is 16.3 Å². The fourth-order valence-electron chi connectivity index (χ4n) is 2.22. The summed E-state index contributed by atoms with van der Waals surface area (Å²) in [5.41, 5.74) is 0.557. The zero-order valence-corrected chi connectivity index (χ0v) is 12.7. The number of nitro groups is 1. The molecule has 0 unspecified atom stereocenters. The lowest BCUT2D eigenvalue weighted by Gasteiger charge is -2.18. The van der Waals surface area contributed by atoms with Crippen molar-refractivity contribution in [1.82, 2.24) is 0 Å². The maximum absolute atomic E-state index is 12.3. The zero-order chi connectivity index (χ0) is 16.6. The van der Waals surface area contributed by atoms with E-state index in [9.17, 15) is 18.5 Å². The van der Waals surface area contributed by atoms with Gasteiger partial charge in [-0.3, -0.25) is 10.1 Å². The molecule has 7 nitrogen and oxygen atoms in total. The first-order valence-electron chi connectivity index (χ1n) is 6.50. The van der Waals surface area contributed by atoms with Crippen molar-refractivity contribution in [3.8, 4) is 11.5 Å². The van der Waals surface area contributed by atoms with E-state index >= 15 is 0 Å². The van der Waals surface area contributed by atoms with Gasteiger partial charge >= 0.3 is 10.1 Å². The Labute approximate surface area is 132 Å². The van der Waals surface area contributed by atoms with Crippen LogP contribution in [0.3, 0.4) is 0 Å². The van der Waals surface area contributed by atoms with Crippen LogP contribution in [0.1, 0.15) is 11.1 Å². The van der Waals surface area contributed by atoms with Gasteiger partial charge in [-0.05, 0) is 24.3 Å². The van der Waals surface area contributed by atoms with Crippen LogP contribution in [0, 0.1) is 10.1 Å². The van der Waals surface area contributed by atoms with Gasteiger partial charge in [0.25, 0.3) is 5.69 Å². The number of non-ortho nitro benzene ring substituents is 1. The average molecular weight is 333 g/mol. The van der Waals surface area contributed by atoms with E-state index in [1.807, 2.05) is 0 Å². The first-order chi connectivity index (χ1) is 10.9. The molecule has 0 fully saturated rings. The molecule has 0 saturated heterocycles. The molecule has 1 aliphatic heterocycles. The molecule has 23 heavy (non-hydrogen) atoms. The zero-order valence-electron chi connectivity index (χ0n) is 11.9. The summed E-state index contributed by atoms with van der Waals surface area (Å²) >= 11 is 0. The SMILES string of the molecule is COc1cccc(C2=Cc3cc([N+](=O)[O-])ccc3OS2(=O)=O)c1. The van der Waals surface area contributed by atoms with Gasteiger partial charge in [0.05, 0.1) is 12.0 Å². The fourth-order valence-corrected chi connectivity index (χ4v) is 3.38. The molecular weight excluding hydrogens is 322 g/mol. The molecule has 0 atom stereocenters. The van der Waals surface area contributed by atoms with Crippen molar-refractivity contribution in [2.75, 3.05) is 7.11 Å². The molecule has 118 valence electrons. The second kappa shape index (κ2) is 5.40. The summed E-state index contributed by atoms with van der Waals surface area (Å²) in [5.74, 6) is 0.547. The maximum Gasteiger partial charge on any atom is 0.339 e. The number of methoxy groups -OCH3 is 1. The molecule has 1 aliphatic rings. The van der Waals surface area contributed by atoms with Crippen LogP contribution in [-0.2, 0) is 10.1 Å². The van der Waals surface area contributed by atoms with Crippen LogP contribution >= 0.6 is 0 Å². The van der Waals surface area contributed by atoms with E-state index in [4.69, 9.17) is 8.92 Å². The standard InChI is InChI=1S/C15H11NO6S/c1-21-13-4-2-3-10(8-13)15-9-11-7-12(16(17)18)5-6-14(11)22-23(15,19)20/h2-9H,1H3. The van der Waals surface area contributed by atoms with Crippen molar-refractivity contribution in [3.63, 3.8) is 0 Å². The molecule has 0 aromatic heterocycles. The van der Waals surface area contributed by atoms with Gasteiger partial charge in [-0.25, -0.2) is 0 Å². The Morgan fingerprint density at radius 1 is 1.17 bits per heavy atom. The lowest BCUT2D eigenvalue weighted by Crippen LogP contribution is -2.15. The Balaban J connectivity index is 2.18. The van der Waals surface area contributed by atoms with E-state index in [1.165, 1.54) is 31.4 Å². The minimum absolute atomic E-state index is 0.0576. The summed E-state index contributed by atoms with van der Waals surface area (Å²) in [6.07, 6.45) is 1.36. The average Bonchev–Trinajstić information content (AvgIpc) is 2.53. The number of nitrogens with zero attached hydrogens (tertiary/aromatic N) is 1. The summed E-state index contributed by atoms with van der Waals surface area (Å²) < 4.78 is 34.7. The van der Waals surface area contributed by atoms with Gasteiger partial charge in [0, 0.05) is 23.3 Å². The number of hydrogen-bond acceptors (Lipinski definition) is 6. The summed E-state index contributed by atoms with van der Waals surface area (Å²) in [7, 11) is -2.54. The highest BCUT2D eigenvalue weighted by Gasteiger charge is 2.29. The van der Waals surface area contributed by atoms with Crippen LogP contribution in [0.4, 0.5) is 5.69 Å². The van der Waals surface area contributed by atoms with E-state index in [0.717, 1.165) is 0 Å². The number of ether oxygens (including phenoxy) is 1. The Hall–Kier alpha value is -2.87. The van der Waals surface area contributed by atoms with Gasteiger partial charge in [-0.1, -0.05) is 12.1 Å². The number of hydrogen-bond donors (Lipinski definition) is 0. The molecule has 0 saturated carbocycles. The quantitative estimate of drug-likeness (QED) is 0.487. The van der Waals surface area contributed by atoms with Crippen molar-refractivity contribution < 1.29 is 22.3 Å². The molecule has 2 aromatic rings. The van der Waals surface area contributed by atoms with Crippen molar-refractivity contribution >= 4 is 26.8 Å². The molecule has 3 rings (SSSR count). The second-order valence-electron chi connectivity index (χ2n) is 4.76. The van der Waals surface area contributed by atoms with Crippen molar-refractivity contribution in [3.05, 3.63) is 63.7 Å². The largest absolute Gasteiger partial charge is 0.497 e.